The van der Waals surface area contributed by atoms with Gasteiger partial charge in [-0.15, -0.1) is 11.3 Å². The van der Waals surface area contributed by atoms with E-state index in [4.69, 9.17) is 0 Å². The predicted molar refractivity (Wildman–Crippen MR) is 73.3 cm³/mol. The lowest BCUT2D eigenvalue weighted by molar-refractivity contribution is -0.137. The molecular formula is C12H10BrF3N2S. The number of rotatable bonds is 3. The van der Waals surface area contributed by atoms with Crippen LogP contribution in [0, 0.1) is 6.92 Å². The van der Waals surface area contributed by atoms with Gasteiger partial charge in [-0.25, -0.2) is 4.98 Å². The summed E-state index contributed by atoms with van der Waals surface area (Å²) in [5.41, 5.74) is -0.607. The first-order chi connectivity index (χ1) is 8.86. The van der Waals surface area contributed by atoms with E-state index in [0.29, 0.717) is 11.0 Å². The zero-order valence-corrected chi connectivity index (χ0v) is 12.3. The van der Waals surface area contributed by atoms with Crippen LogP contribution in [0.3, 0.4) is 0 Å². The van der Waals surface area contributed by atoms with E-state index in [2.05, 4.69) is 26.2 Å². The first-order valence-corrected chi connectivity index (χ1v) is 6.99. The van der Waals surface area contributed by atoms with Crippen molar-refractivity contribution in [2.75, 3.05) is 5.32 Å². The molecule has 2 nitrogen and oxygen atoms in total. The van der Waals surface area contributed by atoms with Crippen LogP contribution in [0.4, 0.5) is 18.9 Å². The Balaban J connectivity index is 2.20. The van der Waals surface area contributed by atoms with Crippen molar-refractivity contribution < 1.29 is 13.2 Å². The van der Waals surface area contributed by atoms with Gasteiger partial charge in [0.05, 0.1) is 17.1 Å². The summed E-state index contributed by atoms with van der Waals surface area (Å²) in [6, 6.07) is 4.07. The molecule has 102 valence electrons. The number of alkyl halides is 3. The maximum Gasteiger partial charge on any atom is 0.418 e. The normalized spacial score (nSPS) is 11.6. The SMILES string of the molecule is Cc1ncc(CNc2ccc(Br)cc2C(F)(F)F)s1. The minimum absolute atomic E-state index is 0.0711. The summed E-state index contributed by atoms with van der Waals surface area (Å²) in [5, 5.41) is 3.70. The Morgan fingerprint density at radius 3 is 2.68 bits per heavy atom. The molecule has 0 radical (unpaired) electrons. The number of benzene rings is 1. The smallest absolute Gasteiger partial charge is 0.380 e. The fourth-order valence-electron chi connectivity index (χ4n) is 1.57. The van der Waals surface area contributed by atoms with E-state index in [0.717, 1.165) is 16.0 Å². The molecule has 0 aliphatic carbocycles. The minimum atomic E-state index is -4.38. The second-order valence-corrected chi connectivity index (χ2v) is 6.12. The minimum Gasteiger partial charge on any atom is -0.380 e. The van der Waals surface area contributed by atoms with Crippen LogP contribution in [0.5, 0.6) is 0 Å². The molecule has 1 heterocycles. The summed E-state index contributed by atoms with van der Waals surface area (Å²) >= 11 is 4.51. The lowest BCUT2D eigenvalue weighted by Gasteiger charge is -2.14. The molecule has 0 spiro atoms. The number of aromatic nitrogens is 1. The summed E-state index contributed by atoms with van der Waals surface area (Å²) < 4.78 is 39.1. The molecule has 19 heavy (non-hydrogen) atoms. The van der Waals surface area contributed by atoms with Crippen molar-refractivity contribution in [3.63, 3.8) is 0 Å². The highest BCUT2D eigenvalue weighted by molar-refractivity contribution is 9.10. The topological polar surface area (TPSA) is 24.9 Å². The van der Waals surface area contributed by atoms with E-state index < -0.39 is 11.7 Å². The Morgan fingerprint density at radius 1 is 1.37 bits per heavy atom. The van der Waals surface area contributed by atoms with Crippen molar-refractivity contribution in [1.29, 1.82) is 0 Å². The number of hydrogen-bond donors (Lipinski definition) is 1. The molecular weight excluding hydrogens is 341 g/mol. The van der Waals surface area contributed by atoms with Gasteiger partial charge >= 0.3 is 6.18 Å². The van der Waals surface area contributed by atoms with Crippen LogP contribution in [0.25, 0.3) is 0 Å². The van der Waals surface area contributed by atoms with Gasteiger partial charge in [-0.3, -0.25) is 0 Å². The summed E-state index contributed by atoms with van der Waals surface area (Å²) in [7, 11) is 0. The molecule has 0 aliphatic rings. The average Bonchev–Trinajstić information content (AvgIpc) is 2.72. The Hall–Kier alpha value is -1.08. The molecule has 1 aromatic carbocycles. The number of nitrogens with zero attached hydrogens (tertiary/aromatic N) is 1. The Bertz CT molecular complexity index is 581. The fourth-order valence-corrected chi connectivity index (χ4v) is 2.67. The molecule has 0 atom stereocenters. The second-order valence-electron chi connectivity index (χ2n) is 3.89. The highest BCUT2D eigenvalue weighted by atomic mass is 79.9. The number of nitrogens with one attached hydrogen (secondary N) is 1. The molecule has 0 saturated heterocycles. The molecule has 7 heteroatoms. The summed E-state index contributed by atoms with van der Waals surface area (Å²) in [4.78, 5) is 4.96. The monoisotopic (exact) mass is 350 g/mol. The van der Waals surface area contributed by atoms with E-state index in [1.807, 2.05) is 6.92 Å². The third-order valence-electron chi connectivity index (χ3n) is 2.41. The van der Waals surface area contributed by atoms with Crippen LogP contribution in [0.2, 0.25) is 0 Å². The van der Waals surface area contributed by atoms with Gasteiger partial charge in [0.25, 0.3) is 0 Å². The summed E-state index contributed by atoms with van der Waals surface area (Å²) in [6.07, 6.45) is -2.71. The van der Waals surface area contributed by atoms with Crippen LogP contribution in [0.15, 0.2) is 28.9 Å². The van der Waals surface area contributed by atoms with E-state index in [9.17, 15) is 13.2 Å². The number of aryl methyl sites for hydroxylation is 1. The molecule has 0 amide bonds. The zero-order chi connectivity index (χ0) is 14.0. The van der Waals surface area contributed by atoms with Crippen LogP contribution in [-0.2, 0) is 12.7 Å². The lowest BCUT2D eigenvalue weighted by Crippen LogP contribution is -2.10. The Morgan fingerprint density at radius 2 is 2.11 bits per heavy atom. The number of anilines is 1. The van der Waals surface area contributed by atoms with Gasteiger partial charge in [-0.1, -0.05) is 15.9 Å². The van der Waals surface area contributed by atoms with Gasteiger partial charge in [-0.2, -0.15) is 13.2 Å². The van der Waals surface area contributed by atoms with Gasteiger partial charge in [0.2, 0.25) is 0 Å². The highest BCUT2D eigenvalue weighted by Crippen LogP contribution is 2.36. The first kappa shape index (κ1) is 14.3. The lowest BCUT2D eigenvalue weighted by atomic mass is 10.1. The van der Waals surface area contributed by atoms with Crippen molar-refractivity contribution in [3.8, 4) is 0 Å². The molecule has 2 rings (SSSR count). The van der Waals surface area contributed by atoms with Crippen molar-refractivity contribution in [2.45, 2.75) is 19.6 Å². The van der Waals surface area contributed by atoms with E-state index in [1.165, 1.54) is 17.4 Å². The maximum absolute atomic E-state index is 12.9. The third kappa shape index (κ3) is 3.70. The van der Waals surface area contributed by atoms with Crippen LogP contribution in [-0.4, -0.2) is 4.98 Å². The largest absolute Gasteiger partial charge is 0.418 e. The zero-order valence-electron chi connectivity index (χ0n) is 9.88. The average molecular weight is 351 g/mol. The quantitative estimate of drug-likeness (QED) is 0.856. The van der Waals surface area contributed by atoms with Gasteiger partial charge in [0, 0.05) is 21.2 Å². The number of halogens is 4. The van der Waals surface area contributed by atoms with E-state index >= 15 is 0 Å². The molecule has 1 aromatic heterocycles. The fraction of sp³-hybridized carbons (Fsp3) is 0.250. The summed E-state index contributed by atoms with van der Waals surface area (Å²) in [5.74, 6) is 0. The highest BCUT2D eigenvalue weighted by Gasteiger charge is 2.33. The van der Waals surface area contributed by atoms with Crippen molar-refractivity contribution in [3.05, 3.63) is 44.3 Å². The first-order valence-electron chi connectivity index (χ1n) is 5.38. The predicted octanol–water partition coefficient (Wildman–Crippen LogP) is 4.84. The second kappa shape index (κ2) is 5.50. The molecule has 0 aliphatic heterocycles. The van der Waals surface area contributed by atoms with Gasteiger partial charge in [-0.05, 0) is 25.1 Å². The van der Waals surface area contributed by atoms with Crippen LogP contribution >= 0.6 is 27.3 Å². The molecule has 1 N–H and O–H groups in total. The van der Waals surface area contributed by atoms with Crippen molar-refractivity contribution >= 4 is 33.0 Å². The van der Waals surface area contributed by atoms with Gasteiger partial charge < -0.3 is 5.32 Å². The Labute approximate surface area is 120 Å². The third-order valence-corrected chi connectivity index (χ3v) is 3.82. The van der Waals surface area contributed by atoms with Crippen LogP contribution in [0.1, 0.15) is 15.4 Å². The number of hydrogen-bond acceptors (Lipinski definition) is 3. The van der Waals surface area contributed by atoms with Crippen molar-refractivity contribution in [1.82, 2.24) is 4.98 Å². The molecule has 0 fully saturated rings. The molecule has 0 unspecified atom stereocenters. The molecule has 0 saturated carbocycles. The van der Waals surface area contributed by atoms with Gasteiger partial charge in [0.1, 0.15) is 0 Å². The van der Waals surface area contributed by atoms with Crippen molar-refractivity contribution in [2.24, 2.45) is 0 Å². The summed E-state index contributed by atoms with van der Waals surface area (Å²) in [6.45, 7) is 2.19. The maximum atomic E-state index is 12.9. The standard InChI is InChI=1S/C12H10BrF3N2S/c1-7-17-5-9(19-7)6-18-11-3-2-8(13)4-10(11)12(14,15)16/h2-5,18H,6H2,1H3. The van der Waals surface area contributed by atoms with E-state index in [-0.39, 0.29) is 5.69 Å². The number of thiazole rings is 1. The Kier molecular flexibility index (Phi) is 4.15. The van der Waals surface area contributed by atoms with Gasteiger partial charge in [0.15, 0.2) is 0 Å². The molecule has 2 aromatic rings. The molecule has 0 bridgehead atoms. The van der Waals surface area contributed by atoms with E-state index in [1.54, 1.807) is 12.3 Å². The van der Waals surface area contributed by atoms with Crippen LogP contribution < -0.4 is 5.32 Å².